The van der Waals surface area contributed by atoms with Crippen LogP contribution in [0.15, 0.2) is 79.6 Å². The van der Waals surface area contributed by atoms with Gasteiger partial charge in [-0.15, -0.1) is 10.2 Å². The molecule has 0 bridgehead atoms. The Morgan fingerprint density at radius 1 is 0.778 bits per heavy atom. The van der Waals surface area contributed by atoms with Gasteiger partial charge in [0.2, 0.25) is 5.95 Å². The smallest absolute Gasteiger partial charge is 0.273 e. The molecule has 36 heavy (non-hydrogen) atoms. The van der Waals surface area contributed by atoms with Crippen molar-refractivity contribution in [2.75, 3.05) is 5.73 Å². The highest BCUT2D eigenvalue weighted by Gasteiger charge is 2.12. The molecule has 0 spiro atoms. The van der Waals surface area contributed by atoms with Gasteiger partial charge >= 0.3 is 0 Å². The highest BCUT2D eigenvalue weighted by molar-refractivity contribution is 6.32. The van der Waals surface area contributed by atoms with Gasteiger partial charge in [0.25, 0.3) is 5.95 Å². The summed E-state index contributed by atoms with van der Waals surface area (Å²) in [7, 11) is 0. The molecule has 0 aliphatic heterocycles. The quantitative estimate of drug-likeness (QED) is 0.245. The molecule has 0 saturated heterocycles. The van der Waals surface area contributed by atoms with Crippen LogP contribution in [0.2, 0.25) is 10.0 Å². The number of nitrogen functional groups attached to an aromatic ring is 1. The van der Waals surface area contributed by atoms with Gasteiger partial charge in [-0.05, 0) is 61.4 Å². The molecule has 0 atom stereocenters. The number of aromatic nitrogens is 3. The minimum Gasteiger partial charge on any atom is -0.455 e. The minimum absolute atomic E-state index is 0.0746. The molecule has 0 radical (unpaired) electrons. The Labute approximate surface area is 216 Å². The van der Waals surface area contributed by atoms with E-state index in [9.17, 15) is 0 Å². The van der Waals surface area contributed by atoms with Crippen LogP contribution in [0, 0.1) is 13.8 Å². The largest absolute Gasteiger partial charge is 0.455 e. The number of aliphatic imine (C=N–C) groups is 1. The Morgan fingerprint density at radius 3 is 1.92 bits per heavy atom. The zero-order chi connectivity index (χ0) is 25.2. The Hall–Kier alpha value is -4.14. The highest BCUT2D eigenvalue weighted by Crippen LogP contribution is 2.30. The van der Waals surface area contributed by atoms with E-state index in [4.69, 9.17) is 37.8 Å². The van der Waals surface area contributed by atoms with E-state index < -0.39 is 0 Å². The van der Waals surface area contributed by atoms with E-state index >= 15 is 0 Å². The van der Waals surface area contributed by atoms with Crippen molar-refractivity contribution >= 4 is 47.5 Å². The maximum absolute atomic E-state index is 6.23. The van der Waals surface area contributed by atoms with Crippen LogP contribution in [-0.2, 0) is 0 Å². The van der Waals surface area contributed by atoms with E-state index in [0.717, 1.165) is 22.3 Å². The van der Waals surface area contributed by atoms with Crippen LogP contribution in [0.5, 0.6) is 0 Å². The molecule has 0 aliphatic rings. The van der Waals surface area contributed by atoms with Crippen molar-refractivity contribution < 1.29 is 8.83 Å². The fourth-order valence-electron chi connectivity index (χ4n) is 3.59. The van der Waals surface area contributed by atoms with Gasteiger partial charge in [-0.2, -0.15) is 9.78 Å². The molecule has 2 aromatic carbocycles. The monoisotopic (exact) mass is 518 g/mol. The van der Waals surface area contributed by atoms with E-state index in [0.29, 0.717) is 33.1 Å². The third-order valence-corrected chi connectivity index (χ3v) is 6.39. The van der Waals surface area contributed by atoms with Crippen LogP contribution in [0.1, 0.15) is 22.6 Å². The van der Waals surface area contributed by atoms with Crippen molar-refractivity contribution in [3.05, 3.63) is 93.4 Å². The summed E-state index contributed by atoms with van der Waals surface area (Å²) in [4.78, 5) is 4.34. The second kappa shape index (κ2) is 9.85. The second-order valence-corrected chi connectivity index (χ2v) is 8.72. The van der Waals surface area contributed by atoms with Gasteiger partial charge < -0.3 is 14.6 Å². The summed E-state index contributed by atoms with van der Waals surface area (Å²) in [5.41, 5.74) is 9.62. The standard InChI is InChI=1S/C26H20Cl2N6O2/c1-15-19(5-3-7-21(15)27)23-11-9-17(35-23)13-30-26-33-32-25(29)34(26)31-14-18-10-12-24(36-18)20-6-4-8-22(28)16(20)2/h3-14H,1-2H3,(H2,29,32)/b30-13?,31-14+. The van der Waals surface area contributed by atoms with Gasteiger partial charge in [0.1, 0.15) is 23.0 Å². The molecule has 3 aromatic heterocycles. The molecule has 5 aromatic rings. The summed E-state index contributed by atoms with van der Waals surface area (Å²) in [6.45, 7) is 3.88. The predicted molar refractivity (Wildman–Crippen MR) is 142 cm³/mol. The summed E-state index contributed by atoms with van der Waals surface area (Å²) in [5.74, 6) is 2.65. The molecular weight excluding hydrogens is 499 g/mol. The third kappa shape index (κ3) is 4.68. The Balaban J connectivity index is 1.36. The first kappa shape index (κ1) is 23.6. The number of anilines is 1. The van der Waals surface area contributed by atoms with Crippen LogP contribution in [-0.4, -0.2) is 27.3 Å². The molecule has 180 valence electrons. The summed E-state index contributed by atoms with van der Waals surface area (Å²) in [6.07, 6.45) is 3.03. The van der Waals surface area contributed by atoms with E-state index in [1.54, 1.807) is 12.1 Å². The van der Waals surface area contributed by atoms with Gasteiger partial charge in [-0.1, -0.05) is 47.5 Å². The van der Waals surface area contributed by atoms with Gasteiger partial charge in [0, 0.05) is 21.2 Å². The maximum atomic E-state index is 6.23. The lowest BCUT2D eigenvalue weighted by atomic mass is 10.1. The van der Waals surface area contributed by atoms with Crippen LogP contribution in [0.4, 0.5) is 11.9 Å². The Bertz CT molecular complexity index is 1610. The molecule has 2 N–H and O–H groups in total. The number of nitrogens with zero attached hydrogens (tertiary/aromatic N) is 5. The molecule has 8 nitrogen and oxygen atoms in total. The molecule has 0 saturated carbocycles. The van der Waals surface area contributed by atoms with Crippen LogP contribution in [0.25, 0.3) is 22.6 Å². The lowest BCUT2D eigenvalue weighted by Gasteiger charge is -2.03. The van der Waals surface area contributed by atoms with Crippen molar-refractivity contribution in [1.82, 2.24) is 14.9 Å². The van der Waals surface area contributed by atoms with Crippen LogP contribution < -0.4 is 5.73 Å². The first-order valence-corrected chi connectivity index (χ1v) is 11.7. The first-order valence-electron chi connectivity index (χ1n) is 10.9. The zero-order valence-electron chi connectivity index (χ0n) is 19.3. The predicted octanol–water partition coefficient (Wildman–Crippen LogP) is 6.94. The molecular formula is C26H20Cl2N6O2. The number of benzene rings is 2. The number of halogens is 2. The third-order valence-electron chi connectivity index (χ3n) is 5.58. The fourth-order valence-corrected chi connectivity index (χ4v) is 3.94. The SMILES string of the molecule is Cc1c(Cl)cccc1-c1ccc(C=Nc2nnc(N)n2/N=C/c2ccc(-c3cccc(Cl)c3C)o2)o1. The molecule has 0 unspecified atom stereocenters. The molecule has 0 amide bonds. The van der Waals surface area contributed by atoms with Crippen molar-refractivity contribution in [1.29, 1.82) is 0 Å². The van der Waals surface area contributed by atoms with Crippen molar-refractivity contribution in [2.45, 2.75) is 13.8 Å². The summed E-state index contributed by atoms with van der Waals surface area (Å²) in [5, 5.41) is 13.5. The normalized spacial score (nSPS) is 11.8. The van der Waals surface area contributed by atoms with E-state index in [2.05, 4.69) is 20.3 Å². The highest BCUT2D eigenvalue weighted by atomic mass is 35.5. The number of furan rings is 2. The van der Waals surface area contributed by atoms with E-state index in [1.807, 2.05) is 62.4 Å². The van der Waals surface area contributed by atoms with Gasteiger partial charge in [-0.3, -0.25) is 0 Å². The average molecular weight is 519 g/mol. The Morgan fingerprint density at radius 2 is 1.33 bits per heavy atom. The van der Waals surface area contributed by atoms with Crippen molar-refractivity contribution in [3.8, 4) is 22.6 Å². The molecule has 3 heterocycles. The minimum atomic E-state index is 0.0746. The van der Waals surface area contributed by atoms with Gasteiger partial charge in [0.15, 0.2) is 0 Å². The topological polar surface area (TPSA) is 108 Å². The molecule has 5 rings (SSSR count). The van der Waals surface area contributed by atoms with Crippen LogP contribution >= 0.6 is 23.2 Å². The summed E-state index contributed by atoms with van der Waals surface area (Å²) >= 11 is 12.5. The number of nitrogens with two attached hydrogens (primary N) is 1. The molecule has 10 heteroatoms. The number of hydrogen-bond donors (Lipinski definition) is 1. The van der Waals surface area contributed by atoms with Crippen molar-refractivity contribution in [3.63, 3.8) is 0 Å². The van der Waals surface area contributed by atoms with Crippen molar-refractivity contribution in [2.24, 2.45) is 10.1 Å². The number of hydrogen-bond acceptors (Lipinski definition) is 7. The second-order valence-electron chi connectivity index (χ2n) is 7.90. The zero-order valence-corrected chi connectivity index (χ0v) is 20.8. The first-order chi connectivity index (χ1) is 17.4. The maximum Gasteiger partial charge on any atom is 0.273 e. The van der Waals surface area contributed by atoms with E-state index in [-0.39, 0.29) is 11.9 Å². The summed E-state index contributed by atoms with van der Waals surface area (Å²) < 4.78 is 13.1. The molecule has 0 aliphatic carbocycles. The summed E-state index contributed by atoms with van der Waals surface area (Å²) in [6, 6.07) is 18.6. The lowest BCUT2D eigenvalue weighted by Crippen LogP contribution is -1.97. The van der Waals surface area contributed by atoms with E-state index in [1.165, 1.54) is 17.1 Å². The lowest BCUT2D eigenvalue weighted by molar-refractivity contribution is 0.573. The average Bonchev–Trinajstić information content (AvgIpc) is 3.60. The fraction of sp³-hybridized carbons (Fsp3) is 0.0769. The number of rotatable bonds is 6. The van der Waals surface area contributed by atoms with Gasteiger partial charge in [0.05, 0.1) is 12.4 Å². The Kier molecular flexibility index (Phi) is 6.45. The molecule has 0 fully saturated rings. The van der Waals surface area contributed by atoms with Crippen LogP contribution in [0.3, 0.4) is 0 Å². The van der Waals surface area contributed by atoms with Gasteiger partial charge in [-0.25, -0.2) is 4.99 Å².